The summed E-state index contributed by atoms with van der Waals surface area (Å²) in [5, 5.41) is 15.9. The molecule has 1 aliphatic heterocycles. The van der Waals surface area contributed by atoms with Crippen LogP contribution in [0.4, 0.5) is 17.6 Å². The molecule has 1 amide bonds. The molecule has 0 unspecified atom stereocenters. The number of pyridine rings is 1. The van der Waals surface area contributed by atoms with E-state index in [1.807, 2.05) is 18.3 Å². The second-order valence-corrected chi connectivity index (χ2v) is 8.75. The Kier molecular flexibility index (Phi) is 7.59. The molecule has 0 aliphatic carbocycles. The van der Waals surface area contributed by atoms with Crippen LogP contribution in [0, 0.1) is 0 Å². The van der Waals surface area contributed by atoms with Crippen LogP contribution in [0.25, 0.3) is 10.9 Å². The second kappa shape index (κ2) is 10.8. The Balaban J connectivity index is 1.55. The fourth-order valence-corrected chi connectivity index (χ4v) is 4.19. The minimum Gasteiger partial charge on any atom is -0.396 e. The first-order valence-electron chi connectivity index (χ1n) is 11.8. The van der Waals surface area contributed by atoms with Crippen molar-refractivity contribution in [3.8, 4) is 0 Å². The summed E-state index contributed by atoms with van der Waals surface area (Å²) in [5.41, 5.74) is 1.49. The zero-order valence-electron chi connectivity index (χ0n) is 20.0. The Morgan fingerprint density at radius 3 is 2.76 bits per heavy atom. The SMILES string of the molecule is COC1CCN(c2nccc(Nc3cc4c(cn3)c(C(=O)NCCCO)cn4C(C)C)n2)CC1. The van der Waals surface area contributed by atoms with Gasteiger partial charge in [0, 0.05) is 69.4 Å². The molecule has 1 fully saturated rings. The Hall–Kier alpha value is -3.24. The molecule has 10 heteroatoms. The molecule has 0 saturated carbocycles. The van der Waals surface area contributed by atoms with E-state index in [0.29, 0.717) is 42.2 Å². The molecule has 0 aromatic carbocycles. The third-order valence-electron chi connectivity index (χ3n) is 6.10. The molecule has 3 N–H and O–H groups in total. The summed E-state index contributed by atoms with van der Waals surface area (Å²) >= 11 is 0. The van der Waals surface area contributed by atoms with Crippen LogP contribution < -0.4 is 15.5 Å². The number of hydrogen-bond donors (Lipinski definition) is 3. The number of aliphatic hydroxyl groups is 1. The van der Waals surface area contributed by atoms with Gasteiger partial charge >= 0.3 is 0 Å². The van der Waals surface area contributed by atoms with E-state index in [0.717, 1.165) is 36.8 Å². The zero-order valence-corrected chi connectivity index (χ0v) is 20.0. The molecule has 3 aromatic heterocycles. The van der Waals surface area contributed by atoms with Crippen molar-refractivity contribution < 1.29 is 14.6 Å². The first-order chi connectivity index (χ1) is 16.5. The number of ether oxygens (including phenoxy) is 1. The lowest BCUT2D eigenvalue weighted by Crippen LogP contribution is -2.37. The maximum Gasteiger partial charge on any atom is 0.253 e. The standard InChI is InChI=1S/C24H33N7O3/c1-16(2)31-15-19(23(33)25-8-4-12-32)18-14-27-22(13-20(18)31)28-21-5-9-26-24(29-21)30-10-6-17(34-3)7-11-30/h5,9,13-17,32H,4,6-8,10-12H2,1-3H3,(H,25,33)(H,26,27,28,29). The molecule has 0 atom stereocenters. The third-order valence-corrected chi connectivity index (χ3v) is 6.10. The van der Waals surface area contributed by atoms with Crippen molar-refractivity contribution in [2.75, 3.05) is 43.6 Å². The average Bonchev–Trinajstić information content (AvgIpc) is 3.24. The Bertz CT molecular complexity index is 1120. The van der Waals surface area contributed by atoms with Gasteiger partial charge in [0.15, 0.2) is 0 Å². The van der Waals surface area contributed by atoms with Crippen molar-refractivity contribution >= 4 is 34.4 Å². The van der Waals surface area contributed by atoms with Crippen molar-refractivity contribution in [1.29, 1.82) is 0 Å². The molecule has 4 heterocycles. The largest absolute Gasteiger partial charge is 0.396 e. The summed E-state index contributed by atoms with van der Waals surface area (Å²) in [6.07, 6.45) is 8.06. The van der Waals surface area contributed by atoms with Crippen LogP contribution in [0.2, 0.25) is 0 Å². The Morgan fingerprint density at radius 1 is 1.26 bits per heavy atom. The molecule has 1 aliphatic rings. The van der Waals surface area contributed by atoms with Crippen LogP contribution >= 0.6 is 0 Å². The molecule has 182 valence electrons. The number of aromatic nitrogens is 4. The van der Waals surface area contributed by atoms with Gasteiger partial charge in [-0.25, -0.2) is 9.97 Å². The lowest BCUT2D eigenvalue weighted by atomic mass is 10.1. The van der Waals surface area contributed by atoms with Gasteiger partial charge in [0.05, 0.1) is 17.2 Å². The van der Waals surface area contributed by atoms with E-state index in [9.17, 15) is 4.79 Å². The van der Waals surface area contributed by atoms with E-state index in [1.165, 1.54) is 0 Å². The molecule has 4 rings (SSSR count). The van der Waals surface area contributed by atoms with Gasteiger partial charge in [0.1, 0.15) is 11.6 Å². The molecule has 34 heavy (non-hydrogen) atoms. The van der Waals surface area contributed by atoms with E-state index >= 15 is 0 Å². The van der Waals surface area contributed by atoms with E-state index in [2.05, 4.69) is 48.9 Å². The molecule has 0 radical (unpaired) electrons. The summed E-state index contributed by atoms with van der Waals surface area (Å²) in [7, 11) is 1.76. The second-order valence-electron chi connectivity index (χ2n) is 8.75. The van der Waals surface area contributed by atoms with Crippen LogP contribution in [0.1, 0.15) is 49.5 Å². The molecule has 10 nitrogen and oxygen atoms in total. The number of nitrogens with one attached hydrogen (secondary N) is 2. The van der Waals surface area contributed by atoms with Crippen molar-refractivity contribution in [2.45, 2.75) is 45.3 Å². The fraction of sp³-hybridized carbons (Fsp3) is 0.500. The Morgan fingerprint density at radius 2 is 2.06 bits per heavy atom. The van der Waals surface area contributed by atoms with Gasteiger partial charge in [-0.15, -0.1) is 0 Å². The van der Waals surface area contributed by atoms with Gasteiger partial charge in [-0.3, -0.25) is 4.79 Å². The molecule has 0 spiro atoms. The van der Waals surface area contributed by atoms with Crippen molar-refractivity contribution in [1.82, 2.24) is 24.8 Å². The number of methoxy groups -OCH3 is 1. The maximum atomic E-state index is 12.7. The summed E-state index contributed by atoms with van der Waals surface area (Å²) in [5.74, 6) is 1.82. The van der Waals surface area contributed by atoms with Gasteiger partial charge in [-0.1, -0.05) is 0 Å². The third kappa shape index (κ3) is 5.28. The van der Waals surface area contributed by atoms with Crippen LogP contribution in [-0.4, -0.2) is 70.0 Å². The molecule has 3 aromatic rings. The monoisotopic (exact) mass is 467 g/mol. The lowest BCUT2D eigenvalue weighted by Gasteiger charge is -2.31. The summed E-state index contributed by atoms with van der Waals surface area (Å²) < 4.78 is 7.52. The first-order valence-corrected chi connectivity index (χ1v) is 11.8. The summed E-state index contributed by atoms with van der Waals surface area (Å²) in [6.45, 7) is 6.33. The zero-order chi connectivity index (χ0) is 24.1. The predicted octanol–water partition coefficient (Wildman–Crippen LogP) is 2.88. The topological polar surface area (TPSA) is 117 Å². The van der Waals surface area contributed by atoms with E-state index in [4.69, 9.17) is 9.84 Å². The summed E-state index contributed by atoms with van der Waals surface area (Å²) in [4.78, 5) is 28.5. The van der Waals surface area contributed by atoms with Gasteiger partial charge in [0.25, 0.3) is 5.91 Å². The molecular weight excluding hydrogens is 434 g/mol. The average molecular weight is 468 g/mol. The summed E-state index contributed by atoms with van der Waals surface area (Å²) in [6, 6.07) is 3.92. The van der Waals surface area contributed by atoms with Crippen LogP contribution in [-0.2, 0) is 4.74 Å². The normalized spacial score (nSPS) is 14.7. The first kappa shape index (κ1) is 23.9. The number of nitrogens with zero attached hydrogens (tertiary/aromatic N) is 5. The number of fused-ring (bicyclic) bond motifs is 1. The Labute approximate surface area is 199 Å². The maximum absolute atomic E-state index is 12.7. The molecule has 1 saturated heterocycles. The van der Waals surface area contributed by atoms with E-state index < -0.39 is 0 Å². The number of aliphatic hydroxyl groups excluding tert-OH is 1. The quantitative estimate of drug-likeness (QED) is 0.411. The number of amides is 1. The number of carbonyl (C=O) groups is 1. The molecular formula is C24H33N7O3. The highest BCUT2D eigenvalue weighted by Gasteiger charge is 2.21. The highest BCUT2D eigenvalue weighted by atomic mass is 16.5. The van der Waals surface area contributed by atoms with Gasteiger partial charge in [-0.05, 0) is 39.2 Å². The van der Waals surface area contributed by atoms with Crippen molar-refractivity contribution in [3.63, 3.8) is 0 Å². The van der Waals surface area contributed by atoms with Gasteiger partial charge < -0.3 is 29.9 Å². The van der Waals surface area contributed by atoms with Crippen LogP contribution in [0.3, 0.4) is 0 Å². The minimum atomic E-state index is -0.168. The van der Waals surface area contributed by atoms with Gasteiger partial charge in [-0.2, -0.15) is 4.98 Å². The number of carbonyl (C=O) groups excluding carboxylic acids is 1. The number of piperidine rings is 1. The number of hydrogen-bond acceptors (Lipinski definition) is 8. The number of rotatable bonds is 9. The highest BCUT2D eigenvalue weighted by Crippen LogP contribution is 2.27. The fourth-order valence-electron chi connectivity index (χ4n) is 4.19. The van der Waals surface area contributed by atoms with Crippen molar-refractivity contribution in [2.24, 2.45) is 0 Å². The van der Waals surface area contributed by atoms with Crippen LogP contribution in [0.5, 0.6) is 0 Å². The van der Waals surface area contributed by atoms with Gasteiger partial charge in [0.2, 0.25) is 5.95 Å². The van der Waals surface area contributed by atoms with E-state index in [-0.39, 0.29) is 18.6 Å². The van der Waals surface area contributed by atoms with Crippen LogP contribution in [0.15, 0.2) is 30.7 Å². The number of anilines is 3. The minimum absolute atomic E-state index is 0.0425. The van der Waals surface area contributed by atoms with E-state index in [1.54, 1.807) is 19.5 Å². The highest BCUT2D eigenvalue weighted by molar-refractivity contribution is 6.07. The predicted molar refractivity (Wildman–Crippen MR) is 132 cm³/mol. The molecule has 0 bridgehead atoms. The smallest absolute Gasteiger partial charge is 0.253 e. The van der Waals surface area contributed by atoms with Crippen molar-refractivity contribution in [3.05, 3.63) is 36.3 Å². The lowest BCUT2D eigenvalue weighted by molar-refractivity contribution is 0.0816.